The van der Waals surface area contributed by atoms with Crippen molar-refractivity contribution >= 4 is 33.2 Å². The first kappa shape index (κ1) is 8.84. The first-order chi connectivity index (χ1) is 6.24. The number of fused-ring (bicyclic) bond motifs is 1. The molecule has 0 saturated carbocycles. The molecule has 0 saturated heterocycles. The third-order valence-electron chi connectivity index (χ3n) is 1.86. The summed E-state index contributed by atoms with van der Waals surface area (Å²) in [5.41, 5.74) is 0. The SMILES string of the molecule is CSc1cc2sccc2c(O)c1F. The zero-order valence-corrected chi connectivity index (χ0v) is 8.51. The molecule has 1 aromatic carbocycles. The van der Waals surface area contributed by atoms with Crippen LogP contribution in [0.25, 0.3) is 10.1 Å². The van der Waals surface area contributed by atoms with E-state index in [9.17, 15) is 9.50 Å². The van der Waals surface area contributed by atoms with Crippen molar-refractivity contribution in [2.75, 3.05) is 6.26 Å². The van der Waals surface area contributed by atoms with Gasteiger partial charge < -0.3 is 5.11 Å². The summed E-state index contributed by atoms with van der Waals surface area (Å²) >= 11 is 2.80. The molecule has 1 N–H and O–H groups in total. The lowest BCUT2D eigenvalue weighted by Gasteiger charge is -2.02. The van der Waals surface area contributed by atoms with Crippen molar-refractivity contribution in [2.45, 2.75) is 4.90 Å². The zero-order valence-electron chi connectivity index (χ0n) is 6.87. The van der Waals surface area contributed by atoms with E-state index in [1.54, 1.807) is 18.4 Å². The van der Waals surface area contributed by atoms with E-state index in [4.69, 9.17) is 0 Å². The molecule has 0 aliphatic carbocycles. The van der Waals surface area contributed by atoms with Crippen LogP contribution in [0, 0.1) is 5.82 Å². The van der Waals surface area contributed by atoms with Crippen molar-refractivity contribution in [3.63, 3.8) is 0 Å². The Morgan fingerprint density at radius 2 is 2.31 bits per heavy atom. The Hall–Kier alpha value is -0.740. The van der Waals surface area contributed by atoms with Crippen molar-refractivity contribution in [1.29, 1.82) is 0 Å². The lowest BCUT2D eigenvalue weighted by molar-refractivity contribution is 0.431. The molecule has 2 aromatic rings. The molecule has 0 radical (unpaired) electrons. The van der Waals surface area contributed by atoms with Gasteiger partial charge >= 0.3 is 0 Å². The Labute approximate surface area is 83.2 Å². The molecule has 1 heterocycles. The molecule has 0 aliphatic rings. The predicted octanol–water partition coefficient (Wildman–Crippen LogP) is 3.47. The van der Waals surface area contributed by atoms with Crippen LogP contribution in [0.15, 0.2) is 22.4 Å². The third-order valence-corrected chi connectivity index (χ3v) is 3.46. The third kappa shape index (κ3) is 1.30. The van der Waals surface area contributed by atoms with E-state index in [-0.39, 0.29) is 5.75 Å². The molecule has 68 valence electrons. The number of benzene rings is 1. The quantitative estimate of drug-likeness (QED) is 0.733. The predicted molar refractivity (Wildman–Crippen MR) is 55.2 cm³/mol. The minimum absolute atomic E-state index is 0.233. The van der Waals surface area contributed by atoms with Crippen molar-refractivity contribution in [2.24, 2.45) is 0 Å². The van der Waals surface area contributed by atoms with Crippen LogP contribution in [-0.2, 0) is 0 Å². The number of halogens is 1. The number of hydrogen-bond acceptors (Lipinski definition) is 3. The number of hydrogen-bond donors (Lipinski definition) is 1. The second-order valence-corrected chi connectivity index (χ2v) is 4.37. The van der Waals surface area contributed by atoms with E-state index in [0.29, 0.717) is 10.3 Å². The average molecular weight is 214 g/mol. The van der Waals surface area contributed by atoms with Crippen LogP contribution < -0.4 is 0 Å². The highest BCUT2D eigenvalue weighted by molar-refractivity contribution is 7.98. The topological polar surface area (TPSA) is 20.2 Å². The molecular formula is C9H7FOS2. The number of rotatable bonds is 1. The molecule has 0 aliphatic heterocycles. The number of phenols is 1. The fraction of sp³-hybridized carbons (Fsp3) is 0.111. The molecule has 1 aromatic heterocycles. The Bertz CT molecular complexity index is 450. The molecular weight excluding hydrogens is 207 g/mol. The molecule has 0 amide bonds. The highest BCUT2D eigenvalue weighted by Gasteiger charge is 2.12. The molecule has 13 heavy (non-hydrogen) atoms. The van der Waals surface area contributed by atoms with Gasteiger partial charge in [0, 0.05) is 15.0 Å². The Balaban J connectivity index is 2.83. The lowest BCUT2D eigenvalue weighted by Crippen LogP contribution is -1.81. The van der Waals surface area contributed by atoms with Crippen molar-refractivity contribution in [3.05, 3.63) is 23.3 Å². The van der Waals surface area contributed by atoms with Crippen LogP contribution in [0.2, 0.25) is 0 Å². The molecule has 2 rings (SSSR count). The summed E-state index contributed by atoms with van der Waals surface area (Å²) in [6.07, 6.45) is 1.79. The maximum absolute atomic E-state index is 13.3. The summed E-state index contributed by atoms with van der Waals surface area (Å²) in [5, 5.41) is 11.9. The summed E-state index contributed by atoms with van der Waals surface area (Å²) in [4.78, 5) is 0.493. The Morgan fingerprint density at radius 1 is 1.54 bits per heavy atom. The number of phenolic OH excluding ortho intramolecular Hbond substituents is 1. The van der Waals surface area contributed by atoms with Gasteiger partial charge in [0.25, 0.3) is 0 Å². The van der Waals surface area contributed by atoms with Crippen LogP contribution in [0.3, 0.4) is 0 Å². The summed E-state index contributed by atoms with van der Waals surface area (Å²) in [6, 6.07) is 3.49. The second-order valence-electron chi connectivity index (χ2n) is 2.57. The van der Waals surface area contributed by atoms with Gasteiger partial charge in [-0.15, -0.1) is 23.1 Å². The van der Waals surface area contributed by atoms with Crippen molar-refractivity contribution in [3.8, 4) is 5.75 Å². The fourth-order valence-corrected chi connectivity index (χ4v) is 2.61. The van der Waals surface area contributed by atoms with Gasteiger partial charge in [0.1, 0.15) is 0 Å². The Kier molecular flexibility index (Phi) is 2.17. The average Bonchev–Trinajstić information content (AvgIpc) is 2.59. The van der Waals surface area contributed by atoms with Gasteiger partial charge in [-0.3, -0.25) is 0 Å². The van der Waals surface area contributed by atoms with E-state index in [0.717, 1.165) is 4.70 Å². The standard InChI is InChI=1S/C9H7FOS2/c1-12-7-4-6-5(2-3-13-6)9(11)8(7)10/h2-4,11H,1H3. The van der Waals surface area contributed by atoms with Gasteiger partial charge in [-0.05, 0) is 23.8 Å². The van der Waals surface area contributed by atoms with Gasteiger partial charge in [0.15, 0.2) is 11.6 Å². The summed E-state index contributed by atoms with van der Waals surface area (Å²) in [6.45, 7) is 0. The second kappa shape index (κ2) is 3.20. The van der Waals surface area contributed by atoms with Gasteiger partial charge in [0.2, 0.25) is 0 Å². The summed E-state index contributed by atoms with van der Waals surface area (Å²) < 4.78 is 14.3. The monoisotopic (exact) mass is 214 g/mol. The van der Waals surface area contributed by atoms with Crippen molar-refractivity contribution < 1.29 is 9.50 Å². The molecule has 0 bridgehead atoms. The summed E-state index contributed by atoms with van der Waals surface area (Å²) in [5.74, 6) is -0.749. The molecule has 0 atom stereocenters. The smallest absolute Gasteiger partial charge is 0.179 e. The maximum atomic E-state index is 13.3. The van der Waals surface area contributed by atoms with Gasteiger partial charge in [-0.1, -0.05) is 0 Å². The highest BCUT2D eigenvalue weighted by atomic mass is 32.2. The fourth-order valence-electron chi connectivity index (χ4n) is 1.19. The molecule has 1 nitrogen and oxygen atoms in total. The van der Waals surface area contributed by atoms with E-state index >= 15 is 0 Å². The molecule has 0 fully saturated rings. The van der Waals surface area contributed by atoms with E-state index in [2.05, 4.69) is 0 Å². The highest BCUT2D eigenvalue weighted by Crippen LogP contribution is 2.36. The van der Waals surface area contributed by atoms with Crippen LogP contribution in [0.1, 0.15) is 0 Å². The molecule has 0 spiro atoms. The Morgan fingerprint density at radius 3 is 3.00 bits per heavy atom. The van der Waals surface area contributed by atoms with Crippen molar-refractivity contribution in [1.82, 2.24) is 0 Å². The summed E-state index contributed by atoms with van der Waals surface area (Å²) in [7, 11) is 0. The number of aromatic hydroxyl groups is 1. The van der Waals surface area contributed by atoms with Gasteiger partial charge in [0.05, 0.1) is 0 Å². The number of thiophene rings is 1. The van der Waals surface area contributed by atoms with E-state index in [1.807, 2.05) is 5.38 Å². The minimum atomic E-state index is -0.515. The lowest BCUT2D eigenvalue weighted by atomic mass is 10.2. The van der Waals surface area contributed by atoms with E-state index in [1.165, 1.54) is 23.1 Å². The zero-order chi connectivity index (χ0) is 9.42. The normalized spacial score (nSPS) is 10.9. The minimum Gasteiger partial charge on any atom is -0.504 e. The van der Waals surface area contributed by atoms with E-state index < -0.39 is 5.82 Å². The first-order valence-corrected chi connectivity index (χ1v) is 5.77. The van der Waals surface area contributed by atoms with Gasteiger partial charge in [-0.2, -0.15) is 0 Å². The van der Waals surface area contributed by atoms with Crippen LogP contribution >= 0.6 is 23.1 Å². The largest absolute Gasteiger partial charge is 0.504 e. The van der Waals surface area contributed by atoms with Crippen LogP contribution in [0.4, 0.5) is 4.39 Å². The van der Waals surface area contributed by atoms with Crippen LogP contribution in [-0.4, -0.2) is 11.4 Å². The molecule has 0 unspecified atom stereocenters. The molecule has 4 heteroatoms. The van der Waals surface area contributed by atoms with Gasteiger partial charge in [-0.25, -0.2) is 4.39 Å². The van der Waals surface area contributed by atoms with Crippen LogP contribution in [0.5, 0.6) is 5.75 Å². The first-order valence-electron chi connectivity index (χ1n) is 3.66. The number of thioether (sulfide) groups is 1. The maximum Gasteiger partial charge on any atom is 0.179 e.